The van der Waals surface area contributed by atoms with Gasteiger partial charge < -0.3 is 5.11 Å². The third-order valence-electron chi connectivity index (χ3n) is 4.35. The van der Waals surface area contributed by atoms with Crippen LogP contribution in [0.25, 0.3) is 0 Å². The second-order valence-corrected chi connectivity index (χ2v) is 7.17. The summed E-state index contributed by atoms with van der Waals surface area (Å²) in [5.74, 6) is -11.0. The Balaban J connectivity index is 1.56. The number of hydrogen-bond acceptors (Lipinski definition) is 4. The fourth-order valence-corrected chi connectivity index (χ4v) is 4.08. The number of carbonyl (C=O) groups excluding carboxylic acids is 1. The van der Waals surface area contributed by atoms with E-state index in [0.717, 1.165) is 4.31 Å². The number of fused-ring (bicyclic) bond motifs is 1. The third-order valence-corrected chi connectivity index (χ3v) is 5.63. The molecule has 12 heteroatoms. The van der Waals surface area contributed by atoms with Gasteiger partial charge in [0, 0.05) is 5.56 Å². The van der Waals surface area contributed by atoms with Crippen molar-refractivity contribution in [2.45, 2.75) is 19.1 Å². The van der Waals surface area contributed by atoms with Crippen LogP contribution in [0.15, 0.2) is 18.2 Å². The molecule has 148 valence electrons. The van der Waals surface area contributed by atoms with Crippen LogP contribution in [-0.4, -0.2) is 25.9 Å². The highest BCUT2D eigenvalue weighted by Gasteiger charge is 2.59. The van der Waals surface area contributed by atoms with Gasteiger partial charge in [-0.3, -0.25) is 4.79 Å². The fraction of sp³-hybridized carbons (Fsp3) is 0.188. The molecular formula is C16H9F5N2O4S. The van der Waals surface area contributed by atoms with Crippen molar-refractivity contribution in [1.29, 1.82) is 0 Å². The van der Waals surface area contributed by atoms with Crippen molar-refractivity contribution in [2.24, 2.45) is 0 Å². The number of aryl methyl sites for hydroxylation is 1. The molecule has 2 unspecified atom stereocenters. The molecule has 3 aliphatic heterocycles. The van der Waals surface area contributed by atoms with Gasteiger partial charge in [0.1, 0.15) is 5.75 Å². The van der Waals surface area contributed by atoms with Crippen LogP contribution in [0.2, 0.25) is 0 Å². The SMILES string of the molecule is O=C1C2ON1S(=O)N2c1ccc(CCc2c(F)c(F)c(F)c(F)c2F)cc1O. The molecular weight excluding hydrogens is 411 g/mol. The van der Waals surface area contributed by atoms with Crippen LogP contribution in [-0.2, 0) is 33.6 Å². The molecule has 0 spiro atoms. The first kappa shape index (κ1) is 18.6. The van der Waals surface area contributed by atoms with Crippen molar-refractivity contribution < 1.29 is 40.9 Å². The summed E-state index contributed by atoms with van der Waals surface area (Å²) in [5, 5.41) is 10.1. The minimum absolute atomic E-state index is 0.0247. The van der Waals surface area contributed by atoms with E-state index in [2.05, 4.69) is 0 Å². The highest BCUT2D eigenvalue weighted by atomic mass is 32.2. The molecule has 28 heavy (non-hydrogen) atoms. The van der Waals surface area contributed by atoms with Gasteiger partial charge in [0.2, 0.25) is 5.82 Å². The number of carbonyl (C=O) groups is 1. The van der Waals surface area contributed by atoms with Crippen molar-refractivity contribution in [3.8, 4) is 5.75 Å². The minimum atomic E-state index is -2.23. The van der Waals surface area contributed by atoms with Crippen LogP contribution in [0, 0.1) is 29.1 Å². The molecule has 0 aromatic heterocycles. The number of halogens is 5. The first-order valence-corrected chi connectivity index (χ1v) is 8.83. The number of hydroxylamine groups is 1. The van der Waals surface area contributed by atoms with Crippen LogP contribution in [0.5, 0.6) is 5.75 Å². The Labute approximate surface area is 156 Å². The fourth-order valence-electron chi connectivity index (χ4n) is 2.91. The number of phenols is 1. The Morgan fingerprint density at radius 2 is 1.61 bits per heavy atom. The summed E-state index contributed by atoms with van der Waals surface area (Å²) in [5.41, 5.74) is -0.625. The maximum absolute atomic E-state index is 13.7. The summed E-state index contributed by atoms with van der Waals surface area (Å²) in [6.45, 7) is 0. The van der Waals surface area contributed by atoms with E-state index in [9.17, 15) is 36.1 Å². The van der Waals surface area contributed by atoms with Crippen molar-refractivity contribution in [2.75, 3.05) is 4.31 Å². The van der Waals surface area contributed by atoms with E-state index in [-0.39, 0.29) is 12.1 Å². The smallest absolute Gasteiger partial charge is 0.314 e. The largest absolute Gasteiger partial charge is 0.506 e. The Kier molecular flexibility index (Phi) is 4.27. The number of nitrogens with zero attached hydrogens (tertiary/aromatic N) is 2. The van der Waals surface area contributed by atoms with Gasteiger partial charge in [-0.25, -0.2) is 35.3 Å². The number of rotatable bonds is 4. The normalized spacial score (nSPS) is 20.7. The molecule has 2 aromatic carbocycles. The molecule has 2 bridgehead atoms. The lowest BCUT2D eigenvalue weighted by Crippen LogP contribution is -2.47. The number of benzene rings is 2. The van der Waals surface area contributed by atoms with Crippen LogP contribution >= 0.6 is 0 Å². The van der Waals surface area contributed by atoms with E-state index >= 15 is 0 Å². The molecule has 0 saturated carbocycles. The lowest BCUT2D eigenvalue weighted by atomic mass is 10.0. The van der Waals surface area contributed by atoms with Gasteiger partial charge in [-0.15, -0.1) is 4.47 Å². The number of amides is 1. The van der Waals surface area contributed by atoms with Gasteiger partial charge in [0.25, 0.3) is 17.4 Å². The van der Waals surface area contributed by atoms with Crippen molar-refractivity contribution in [1.82, 2.24) is 4.47 Å². The zero-order chi connectivity index (χ0) is 20.3. The van der Waals surface area contributed by atoms with Gasteiger partial charge >= 0.3 is 5.91 Å². The van der Waals surface area contributed by atoms with E-state index < -0.39 is 70.1 Å². The minimum Gasteiger partial charge on any atom is -0.506 e. The molecule has 0 aliphatic carbocycles. The van der Waals surface area contributed by atoms with Gasteiger partial charge in [-0.05, 0) is 30.5 Å². The number of phenolic OH excluding ortho intramolecular Hbond substituents is 1. The van der Waals surface area contributed by atoms with Crippen molar-refractivity contribution in [3.05, 3.63) is 58.4 Å². The third kappa shape index (κ3) is 2.55. The monoisotopic (exact) mass is 420 g/mol. The first-order valence-electron chi connectivity index (χ1n) is 7.76. The highest BCUT2D eigenvalue weighted by molar-refractivity contribution is 7.85. The molecule has 1 N–H and O–H groups in total. The van der Waals surface area contributed by atoms with Crippen LogP contribution in [0.1, 0.15) is 11.1 Å². The second kappa shape index (κ2) is 6.41. The number of aromatic hydroxyl groups is 1. The predicted molar refractivity (Wildman–Crippen MR) is 84.1 cm³/mol. The molecule has 3 heterocycles. The van der Waals surface area contributed by atoms with Crippen molar-refractivity contribution in [3.63, 3.8) is 0 Å². The molecule has 3 saturated heterocycles. The maximum atomic E-state index is 13.7. The molecule has 2 atom stereocenters. The molecule has 0 radical (unpaired) electrons. The molecule has 2 aromatic rings. The summed E-state index contributed by atoms with van der Waals surface area (Å²) in [4.78, 5) is 16.4. The Morgan fingerprint density at radius 1 is 1.00 bits per heavy atom. The number of hydrogen-bond donors (Lipinski definition) is 1. The molecule has 1 amide bonds. The van der Waals surface area contributed by atoms with E-state index in [0.29, 0.717) is 10.0 Å². The Bertz CT molecular complexity index is 1020. The second-order valence-electron chi connectivity index (χ2n) is 5.98. The standard InChI is InChI=1S/C16H9F5N2O4S/c17-10-7(11(18)13(20)14(21)12(10)19)3-1-6-2-4-8(9(24)5-6)22-16-15(25)23(27-16)28(22)26/h2,4-5,16,24H,1,3H2. The average molecular weight is 420 g/mol. The molecule has 3 fully saturated rings. The van der Waals surface area contributed by atoms with E-state index in [1.807, 2.05) is 0 Å². The maximum Gasteiger partial charge on any atom is 0.314 e. The quantitative estimate of drug-likeness (QED) is 0.469. The summed E-state index contributed by atoms with van der Waals surface area (Å²) < 4.78 is 80.7. The highest BCUT2D eigenvalue weighted by Crippen LogP contribution is 2.41. The zero-order valence-electron chi connectivity index (χ0n) is 13.6. The van der Waals surface area contributed by atoms with E-state index in [1.165, 1.54) is 18.2 Å². The average Bonchev–Trinajstić information content (AvgIpc) is 3.13. The zero-order valence-corrected chi connectivity index (χ0v) is 14.4. The predicted octanol–water partition coefficient (Wildman–Crippen LogP) is 2.37. The summed E-state index contributed by atoms with van der Waals surface area (Å²) in [6, 6.07) is 3.88. The van der Waals surface area contributed by atoms with E-state index in [1.54, 1.807) is 0 Å². The summed E-state index contributed by atoms with van der Waals surface area (Å²) in [6.07, 6.45) is -1.79. The van der Waals surface area contributed by atoms with Gasteiger partial charge in [-0.1, -0.05) is 6.07 Å². The Morgan fingerprint density at radius 3 is 2.11 bits per heavy atom. The van der Waals surface area contributed by atoms with Crippen LogP contribution in [0.4, 0.5) is 27.6 Å². The topological polar surface area (TPSA) is 70.1 Å². The molecule has 5 rings (SSSR count). The van der Waals surface area contributed by atoms with Crippen LogP contribution < -0.4 is 4.31 Å². The van der Waals surface area contributed by atoms with Gasteiger partial charge in [-0.2, -0.15) is 0 Å². The summed E-state index contributed by atoms with van der Waals surface area (Å²) >= 11 is -1.96. The lowest BCUT2D eigenvalue weighted by Gasteiger charge is -2.22. The van der Waals surface area contributed by atoms with Gasteiger partial charge in [0.05, 0.1) is 5.69 Å². The lowest BCUT2D eigenvalue weighted by molar-refractivity contribution is -0.212. The van der Waals surface area contributed by atoms with Crippen molar-refractivity contribution >= 4 is 22.8 Å². The van der Waals surface area contributed by atoms with Gasteiger partial charge in [0.15, 0.2) is 23.3 Å². The van der Waals surface area contributed by atoms with Crippen LogP contribution in [0.3, 0.4) is 0 Å². The number of anilines is 1. The van der Waals surface area contributed by atoms with E-state index in [4.69, 9.17) is 4.84 Å². The summed E-state index contributed by atoms with van der Waals surface area (Å²) in [7, 11) is 0. The molecule has 6 nitrogen and oxygen atoms in total. The molecule has 3 aliphatic rings. The Hall–Kier alpha value is -2.73. The first-order chi connectivity index (χ1) is 13.2.